The van der Waals surface area contributed by atoms with Gasteiger partial charge in [-0.05, 0) is 58.0 Å². The van der Waals surface area contributed by atoms with Crippen LogP contribution in [0, 0.1) is 11.3 Å². The molecule has 0 aliphatic carbocycles. The molecule has 1 rings (SSSR count). The number of rotatable bonds is 6. The lowest BCUT2D eigenvalue weighted by atomic mass is 9.89. The van der Waals surface area contributed by atoms with Crippen LogP contribution in [0.5, 0.6) is 0 Å². The monoisotopic (exact) mass is 270 g/mol. The van der Waals surface area contributed by atoms with Crippen LogP contribution < -0.4 is 5.32 Å². The van der Waals surface area contributed by atoms with Crippen LogP contribution >= 0.6 is 0 Å². The van der Waals surface area contributed by atoms with Gasteiger partial charge in [0.25, 0.3) is 0 Å². The van der Waals surface area contributed by atoms with Crippen molar-refractivity contribution in [2.75, 3.05) is 39.9 Å². The lowest BCUT2D eigenvalue weighted by molar-refractivity contribution is 0.0795. The number of hydrogen-bond donors (Lipinski definition) is 1. The smallest absolute Gasteiger partial charge is 0.0491 e. The Kier molecular flexibility index (Phi) is 6.28. The van der Waals surface area contributed by atoms with Gasteiger partial charge in [0.2, 0.25) is 0 Å². The highest BCUT2D eigenvalue weighted by Crippen LogP contribution is 2.23. The van der Waals surface area contributed by atoms with E-state index >= 15 is 0 Å². The van der Waals surface area contributed by atoms with Crippen molar-refractivity contribution in [2.45, 2.75) is 53.0 Å². The van der Waals surface area contributed by atoms with E-state index in [2.05, 4.69) is 44.8 Å². The maximum absolute atomic E-state index is 5.26. The van der Waals surface area contributed by atoms with Crippen LogP contribution in [0.15, 0.2) is 0 Å². The molecule has 1 fully saturated rings. The second kappa shape index (κ2) is 7.05. The first-order valence-electron chi connectivity index (χ1n) is 7.68. The first kappa shape index (κ1) is 16.9. The molecule has 0 aromatic rings. The summed E-state index contributed by atoms with van der Waals surface area (Å²) in [5, 5.41) is 3.63. The number of nitrogens with zero attached hydrogens (tertiary/aromatic N) is 1. The quantitative estimate of drug-likeness (QED) is 0.803. The number of methoxy groups -OCH3 is 1. The minimum Gasteiger partial charge on any atom is -0.384 e. The molecule has 0 radical (unpaired) electrons. The molecule has 3 heteroatoms. The molecule has 0 aromatic heterocycles. The van der Waals surface area contributed by atoms with Gasteiger partial charge in [0.05, 0.1) is 0 Å². The highest BCUT2D eigenvalue weighted by atomic mass is 16.5. The fourth-order valence-electron chi connectivity index (χ4n) is 2.71. The van der Waals surface area contributed by atoms with Gasteiger partial charge < -0.3 is 15.0 Å². The molecule has 0 unspecified atom stereocenters. The van der Waals surface area contributed by atoms with E-state index in [4.69, 9.17) is 4.74 Å². The topological polar surface area (TPSA) is 24.5 Å². The van der Waals surface area contributed by atoms with E-state index in [1.807, 2.05) is 7.11 Å². The Morgan fingerprint density at radius 1 is 1.11 bits per heavy atom. The molecule has 19 heavy (non-hydrogen) atoms. The summed E-state index contributed by atoms with van der Waals surface area (Å²) in [6.07, 6.45) is 2.58. The van der Waals surface area contributed by atoms with Gasteiger partial charge >= 0.3 is 0 Å². The van der Waals surface area contributed by atoms with Crippen molar-refractivity contribution in [3.8, 4) is 0 Å². The van der Waals surface area contributed by atoms with Gasteiger partial charge in [-0.15, -0.1) is 0 Å². The summed E-state index contributed by atoms with van der Waals surface area (Å²) in [7, 11) is 1.81. The minimum atomic E-state index is 0.211. The van der Waals surface area contributed by atoms with Crippen molar-refractivity contribution in [3.63, 3.8) is 0 Å². The van der Waals surface area contributed by atoms with Crippen LogP contribution in [-0.4, -0.2) is 50.3 Å². The highest BCUT2D eigenvalue weighted by Gasteiger charge is 2.26. The maximum Gasteiger partial charge on any atom is 0.0491 e. The zero-order chi connectivity index (χ0) is 14.5. The van der Waals surface area contributed by atoms with Gasteiger partial charge in [-0.2, -0.15) is 0 Å². The van der Waals surface area contributed by atoms with Crippen LogP contribution in [0.2, 0.25) is 0 Å². The third kappa shape index (κ3) is 7.28. The minimum absolute atomic E-state index is 0.211. The van der Waals surface area contributed by atoms with E-state index in [-0.39, 0.29) is 5.54 Å². The second-order valence-electron chi connectivity index (χ2n) is 7.94. The third-order valence-corrected chi connectivity index (χ3v) is 3.86. The Balaban J connectivity index is 2.30. The Bertz CT molecular complexity index is 250. The molecule has 0 spiro atoms. The lowest BCUT2D eigenvalue weighted by Gasteiger charge is -2.38. The molecular weight excluding hydrogens is 236 g/mol. The number of ether oxygens (including phenoxy) is 1. The normalized spacial score (nSPS) is 19.9. The predicted molar refractivity (Wildman–Crippen MR) is 82.6 cm³/mol. The lowest BCUT2D eigenvalue weighted by Crippen LogP contribution is -2.47. The van der Waals surface area contributed by atoms with Gasteiger partial charge in [-0.25, -0.2) is 0 Å². The van der Waals surface area contributed by atoms with Gasteiger partial charge in [-0.1, -0.05) is 13.8 Å². The number of nitrogens with one attached hydrogen (secondary N) is 1. The van der Waals surface area contributed by atoms with Crippen LogP contribution in [0.1, 0.15) is 47.5 Å². The molecule has 1 heterocycles. The van der Waals surface area contributed by atoms with Crippen molar-refractivity contribution in [3.05, 3.63) is 0 Å². The fraction of sp³-hybridized carbons (Fsp3) is 1.00. The van der Waals surface area contributed by atoms with Crippen molar-refractivity contribution in [1.82, 2.24) is 10.2 Å². The standard InChI is InChI=1S/C16H34N2O/c1-15(2,3)17-12-16(4,5)13-18-9-7-14(8-10-18)11-19-6/h14,17H,7-13H2,1-6H3. The Hall–Kier alpha value is -0.120. The number of likely N-dealkylation sites (tertiary alicyclic amines) is 1. The molecule has 1 aliphatic rings. The SMILES string of the molecule is COCC1CCN(CC(C)(C)CNC(C)(C)C)CC1. The zero-order valence-electron chi connectivity index (χ0n) is 13.9. The summed E-state index contributed by atoms with van der Waals surface area (Å²) in [4.78, 5) is 2.62. The van der Waals surface area contributed by atoms with Crippen LogP contribution in [-0.2, 0) is 4.74 Å². The zero-order valence-corrected chi connectivity index (χ0v) is 13.9. The van der Waals surface area contributed by atoms with Crippen molar-refractivity contribution < 1.29 is 4.74 Å². The Morgan fingerprint density at radius 3 is 2.16 bits per heavy atom. The summed E-state index contributed by atoms with van der Waals surface area (Å²) < 4.78 is 5.26. The number of piperidine rings is 1. The molecule has 114 valence electrons. The average Bonchev–Trinajstić information content (AvgIpc) is 2.29. The fourth-order valence-corrected chi connectivity index (χ4v) is 2.71. The summed E-state index contributed by atoms with van der Waals surface area (Å²) in [5.74, 6) is 0.775. The highest BCUT2D eigenvalue weighted by molar-refractivity contribution is 4.82. The molecule has 0 saturated carbocycles. The predicted octanol–water partition coefficient (Wildman–Crippen LogP) is 2.76. The van der Waals surface area contributed by atoms with Gasteiger partial charge in [0.15, 0.2) is 0 Å². The second-order valence-corrected chi connectivity index (χ2v) is 7.94. The molecule has 3 nitrogen and oxygen atoms in total. The van der Waals surface area contributed by atoms with Crippen molar-refractivity contribution >= 4 is 0 Å². The van der Waals surface area contributed by atoms with E-state index in [1.165, 1.54) is 32.5 Å². The summed E-state index contributed by atoms with van der Waals surface area (Å²) >= 11 is 0. The Labute approximate surface area is 120 Å². The molecule has 1 N–H and O–H groups in total. The van der Waals surface area contributed by atoms with E-state index in [9.17, 15) is 0 Å². The average molecular weight is 270 g/mol. The molecule has 0 aromatic carbocycles. The van der Waals surface area contributed by atoms with Crippen molar-refractivity contribution in [2.24, 2.45) is 11.3 Å². The van der Waals surface area contributed by atoms with E-state index in [0.717, 1.165) is 19.1 Å². The first-order chi connectivity index (χ1) is 8.72. The molecule has 0 amide bonds. The molecule has 1 aliphatic heterocycles. The van der Waals surface area contributed by atoms with Gasteiger partial charge in [0.1, 0.15) is 0 Å². The largest absolute Gasteiger partial charge is 0.384 e. The molecule has 1 saturated heterocycles. The molecule has 0 atom stereocenters. The van der Waals surface area contributed by atoms with E-state index < -0.39 is 0 Å². The van der Waals surface area contributed by atoms with Crippen LogP contribution in [0.4, 0.5) is 0 Å². The van der Waals surface area contributed by atoms with E-state index in [1.54, 1.807) is 0 Å². The van der Waals surface area contributed by atoms with Gasteiger partial charge in [0, 0.05) is 32.3 Å². The maximum atomic E-state index is 5.26. The van der Waals surface area contributed by atoms with Crippen LogP contribution in [0.25, 0.3) is 0 Å². The van der Waals surface area contributed by atoms with E-state index in [0.29, 0.717) is 5.41 Å². The first-order valence-corrected chi connectivity index (χ1v) is 7.68. The summed E-state index contributed by atoms with van der Waals surface area (Å²) in [6.45, 7) is 17.1. The van der Waals surface area contributed by atoms with Crippen LogP contribution in [0.3, 0.4) is 0 Å². The Morgan fingerprint density at radius 2 is 1.68 bits per heavy atom. The molecular formula is C16H34N2O. The third-order valence-electron chi connectivity index (χ3n) is 3.86. The van der Waals surface area contributed by atoms with Crippen molar-refractivity contribution in [1.29, 1.82) is 0 Å². The number of hydrogen-bond acceptors (Lipinski definition) is 3. The summed E-state index contributed by atoms with van der Waals surface area (Å²) in [6, 6.07) is 0. The summed E-state index contributed by atoms with van der Waals surface area (Å²) in [5.41, 5.74) is 0.546. The molecule has 0 bridgehead atoms. The van der Waals surface area contributed by atoms with Gasteiger partial charge in [-0.3, -0.25) is 0 Å².